The molecule has 0 spiro atoms. The quantitative estimate of drug-likeness (QED) is 0.909. The molecule has 1 unspecified atom stereocenters. The van der Waals surface area contributed by atoms with Crippen molar-refractivity contribution in [1.29, 1.82) is 0 Å². The lowest BCUT2D eigenvalue weighted by atomic mass is 10.2. The molecule has 0 amide bonds. The highest BCUT2D eigenvalue weighted by atomic mass is 79.9. The summed E-state index contributed by atoms with van der Waals surface area (Å²) in [6, 6.07) is 2.01. The van der Waals surface area contributed by atoms with E-state index in [4.69, 9.17) is 4.42 Å². The zero-order chi connectivity index (χ0) is 12.3. The predicted octanol–water partition coefficient (Wildman–Crippen LogP) is 3.90. The van der Waals surface area contributed by atoms with Crippen molar-refractivity contribution >= 4 is 27.3 Å². The molecule has 0 aromatic carbocycles. The van der Waals surface area contributed by atoms with Crippen molar-refractivity contribution in [2.24, 2.45) is 0 Å². The topological polar surface area (TPSA) is 38.1 Å². The molecule has 0 fully saturated rings. The first-order valence-electron chi connectivity index (χ1n) is 5.61. The number of hydrogen-bond donors (Lipinski definition) is 1. The van der Waals surface area contributed by atoms with Crippen LogP contribution in [0.15, 0.2) is 27.4 Å². The molecule has 0 aliphatic heterocycles. The molecule has 1 N–H and O–H groups in total. The average molecular weight is 315 g/mol. The van der Waals surface area contributed by atoms with Crippen LogP contribution >= 0.6 is 27.3 Å². The van der Waals surface area contributed by atoms with E-state index in [1.807, 2.05) is 19.2 Å². The largest absolute Gasteiger partial charge is 0.466 e. The number of furan rings is 1. The SMILES string of the molecule is CCCNC(c1cnc(C)s1)c1occc1Br. The summed E-state index contributed by atoms with van der Waals surface area (Å²) in [5.74, 6) is 0.919. The fourth-order valence-electron chi connectivity index (χ4n) is 1.63. The van der Waals surface area contributed by atoms with Gasteiger partial charge in [-0.05, 0) is 41.9 Å². The highest BCUT2D eigenvalue weighted by Gasteiger charge is 2.21. The van der Waals surface area contributed by atoms with E-state index in [0.29, 0.717) is 0 Å². The molecule has 0 aliphatic rings. The first-order valence-corrected chi connectivity index (χ1v) is 7.22. The Kier molecular flexibility index (Phi) is 4.36. The highest BCUT2D eigenvalue weighted by molar-refractivity contribution is 9.10. The van der Waals surface area contributed by atoms with Crippen molar-refractivity contribution in [2.45, 2.75) is 26.3 Å². The molecule has 0 aliphatic carbocycles. The van der Waals surface area contributed by atoms with Gasteiger partial charge in [-0.3, -0.25) is 0 Å². The molecule has 5 heteroatoms. The Morgan fingerprint density at radius 1 is 1.59 bits per heavy atom. The van der Waals surface area contributed by atoms with Crippen molar-refractivity contribution < 1.29 is 4.42 Å². The fraction of sp³-hybridized carbons (Fsp3) is 0.417. The van der Waals surface area contributed by atoms with E-state index in [1.165, 1.54) is 4.88 Å². The maximum absolute atomic E-state index is 5.56. The van der Waals surface area contributed by atoms with Crippen LogP contribution in [0.3, 0.4) is 0 Å². The molecule has 2 heterocycles. The van der Waals surface area contributed by atoms with Crippen LogP contribution in [0.5, 0.6) is 0 Å². The summed E-state index contributed by atoms with van der Waals surface area (Å²) in [4.78, 5) is 5.49. The molecule has 2 aromatic rings. The molecule has 2 aromatic heterocycles. The van der Waals surface area contributed by atoms with Crippen molar-refractivity contribution in [1.82, 2.24) is 10.3 Å². The molecule has 0 saturated carbocycles. The number of hydrogen-bond acceptors (Lipinski definition) is 4. The summed E-state index contributed by atoms with van der Waals surface area (Å²) >= 11 is 5.21. The zero-order valence-corrected chi connectivity index (χ0v) is 12.3. The molecule has 0 bridgehead atoms. The van der Waals surface area contributed by atoms with Gasteiger partial charge in [-0.15, -0.1) is 11.3 Å². The number of aromatic nitrogens is 1. The number of nitrogens with zero attached hydrogens (tertiary/aromatic N) is 1. The average Bonchev–Trinajstić information content (AvgIpc) is 2.90. The number of halogens is 1. The van der Waals surface area contributed by atoms with E-state index in [0.717, 1.165) is 28.2 Å². The van der Waals surface area contributed by atoms with Gasteiger partial charge in [0.1, 0.15) is 11.8 Å². The summed E-state index contributed by atoms with van der Waals surface area (Å²) in [5.41, 5.74) is 0. The second-order valence-electron chi connectivity index (χ2n) is 3.80. The summed E-state index contributed by atoms with van der Waals surface area (Å²) in [5, 5.41) is 4.56. The van der Waals surface area contributed by atoms with Gasteiger partial charge in [0.05, 0.1) is 15.7 Å². The van der Waals surface area contributed by atoms with Crippen LogP contribution < -0.4 is 5.32 Å². The van der Waals surface area contributed by atoms with E-state index in [2.05, 4.69) is 33.2 Å². The summed E-state index contributed by atoms with van der Waals surface area (Å²) in [7, 11) is 0. The van der Waals surface area contributed by atoms with Crippen LogP contribution in [-0.2, 0) is 0 Å². The van der Waals surface area contributed by atoms with Crippen LogP contribution in [0.25, 0.3) is 0 Å². The Bertz CT molecular complexity index is 480. The van der Waals surface area contributed by atoms with Gasteiger partial charge in [0, 0.05) is 11.1 Å². The Morgan fingerprint density at radius 3 is 2.94 bits per heavy atom. The van der Waals surface area contributed by atoms with Crippen LogP contribution in [0.2, 0.25) is 0 Å². The van der Waals surface area contributed by atoms with Gasteiger partial charge in [-0.2, -0.15) is 0 Å². The normalized spacial score (nSPS) is 12.9. The van der Waals surface area contributed by atoms with Crippen molar-refractivity contribution in [3.8, 4) is 0 Å². The van der Waals surface area contributed by atoms with Crippen molar-refractivity contribution in [2.75, 3.05) is 6.54 Å². The van der Waals surface area contributed by atoms with E-state index >= 15 is 0 Å². The molecule has 92 valence electrons. The van der Waals surface area contributed by atoms with Gasteiger partial charge >= 0.3 is 0 Å². The van der Waals surface area contributed by atoms with Gasteiger partial charge in [0.25, 0.3) is 0 Å². The van der Waals surface area contributed by atoms with Crippen LogP contribution in [0.1, 0.15) is 35.0 Å². The zero-order valence-electron chi connectivity index (χ0n) is 9.87. The number of aryl methyl sites for hydroxylation is 1. The van der Waals surface area contributed by atoms with Gasteiger partial charge in [0.2, 0.25) is 0 Å². The lowest BCUT2D eigenvalue weighted by Gasteiger charge is -2.14. The lowest BCUT2D eigenvalue weighted by Crippen LogP contribution is -2.22. The van der Waals surface area contributed by atoms with Crippen molar-refractivity contribution in [3.05, 3.63) is 38.6 Å². The number of nitrogens with one attached hydrogen (secondary N) is 1. The molecule has 0 saturated heterocycles. The number of rotatable bonds is 5. The van der Waals surface area contributed by atoms with Crippen LogP contribution in [0, 0.1) is 6.92 Å². The summed E-state index contributed by atoms with van der Waals surface area (Å²) in [6.07, 6.45) is 4.71. The molecule has 2 rings (SSSR count). The minimum Gasteiger partial charge on any atom is -0.466 e. The maximum Gasteiger partial charge on any atom is 0.140 e. The molecular formula is C12H15BrN2OS. The Morgan fingerprint density at radius 2 is 2.41 bits per heavy atom. The first-order chi connectivity index (χ1) is 8.22. The second kappa shape index (κ2) is 5.80. The minimum absolute atomic E-state index is 0.0884. The second-order valence-corrected chi connectivity index (χ2v) is 5.92. The lowest BCUT2D eigenvalue weighted by molar-refractivity contribution is 0.447. The fourth-order valence-corrected chi connectivity index (χ4v) is 2.92. The third-order valence-electron chi connectivity index (χ3n) is 2.43. The minimum atomic E-state index is 0.0884. The number of thiazole rings is 1. The van der Waals surface area contributed by atoms with Gasteiger partial charge in [-0.25, -0.2) is 4.98 Å². The van der Waals surface area contributed by atoms with Gasteiger partial charge in [-0.1, -0.05) is 6.92 Å². The Balaban J connectivity index is 2.28. The van der Waals surface area contributed by atoms with E-state index in [-0.39, 0.29) is 6.04 Å². The van der Waals surface area contributed by atoms with Gasteiger partial charge in [0.15, 0.2) is 0 Å². The summed E-state index contributed by atoms with van der Waals surface area (Å²) in [6.45, 7) is 5.12. The van der Waals surface area contributed by atoms with E-state index < -0.39 is 0 Å². The third-order valence-corrected chi connectivity index (χ3v) is 4.06. The van der Waals surface area contributed by atoms with Crippen LogP contribution in [0.4, 0.5) is 0 Å². The predicted molar refractivity (Wildman–Crippen MR) is 73.4 cm³/mol. The summed E-state index contributed by atoms with van der Waals surface area (Å²) < 4.78 is 6.55. The molecule has 17 heavy (non-hydrogen) atoms. The van der Waals surface area contributed by atoms with Crippen molar-refractivity contribution in [3.63, 3.8) is 0 Å². The maximum atomic E-state index is 5.56. The Labute approximate surface area is 113 Å². The molecular weight excluding hydrogens is 300 g/mol. The smallest absolute Gasteiger partial charge is 0.140 e. The van der Waals surface area contributed by atoms with E-state index in [9.17, 15) is 0 Å². The van der Waals surface area contributed by atoms with E-state index in [1.54, 1.807) is 17.6 Å². The van der Waals surface area contributed by atoms with Crippen LogP contribution in [-0.4, -0.2) is 11.5 Å². The third kappa shape index (κ3) is 2.97. The molecule has 0 radical (unpaired) electrons. The highest BCUT2D eigenvalue weighted by Crippen LogP contribution is 2.32. The monoisotopic (exact) mass is 314 g/mol. The Hall–Kier alpha value is -0.650. The molecule has 1 atom stereocenters. The standard InChI is InChI=1S/C12H15BrN2OS/c1-3-5-14-11(10-7-15-8(2)17-10)12-9(13)4-6-16-12/h4,6-7,11,14H,3,5H2,1-2H3. The molecule has 3 nitrogen and oxygen atoms in total. The first kappa shape index (κ1) is 12.8. The van der Waals surface area contributed by atoms with Gasteiger partial charge < -0.3 is 9.73 Å².